The first kappa shape index (κ1) is 7.65. The quantitative estimate of drug-likeness (QED) is 0.657. The van der Waals surface area contributed by atoms with Gasteiger partial charge in [-0.3, -0.25) is 0 Å². The van der Waals surface area contributed by atoms with Crippen LogP contribution in [0.2, 0.25) is 0 Å². The molecule has 60 valence electrons. The molecule has 0 aliphatic carbocycles. The van der Waals surface area contributed by atoms with Gasteiger partial charge < -0.3 is 15.8 Å². The zero-order chi connectivity index (χ0) is 8.27. The van der Waals surface area contributed by atoms with Gasteiger partial charge in [0.1, 0.15) is 0 Å². The first-order valence-electron chi connectivity index (χ1n) is 3.25. The van der Waals surface area contributed by atoms with Crippen molar-refractivity contribution in [1.82, 2.24) is 4.98 Å². The standard InChI is InChI=1S/C7H11N3O/c1-9-7-6(11-2)3-5(8)4-10-7/h3-4H,8H2,1-2H3,(H,9,10). The van der Waals surface area contributed by atoms with Gasteiger partial charge in [-0.1, -0.05) is 0 Å². The van der Waals surface area contributed by atoms with Crippen molar-refractivity contribution in [3.05, 3.63) is 12.3 Å². The van der Waals surface area contributed by atoms with Crippen LogP contribution < -0.4 is 15.8 Å². The first-order chi connectivity index (χ1) is 5.27. The number of hydrogen-bond donors (Lipinski definition) is 2. The fourth-order valence-electron chi connectivity index (χ4n) is 0.803. The van der Waals surface area contributed by atoms with Crippen LogP contribution in [-0.4, -0.2) is 19.1 Å². The molecular formula is C7H11N3O. The van der Waals surface area contributed by atoms with Crippen LogP contribution in [-0.2, 0) is 0 Å². The predicted molar refractivity (Wildman–Crippen MR) is 44.7 cm³/mol. The molecule has 1 aromatic heterocycles. The van der Waals surface area contributed by atoms with Crippen molar-refractivity contribution in [2.75, 3.05) is 25.2 Å². The molecule has 0 spiro atoms. The van der Waals surface area contributed by atoms with Crippen molar-refractivity contribution in [1.29, 1.82) is 0 Å². The van der Waals surface area contributed by atoms with Crippen molar-refractivity contribution in [2.24, 2.45) is 0 Å². The van der Waals surface area contributed by atoms with Gasteiger partial charge >= 0.3 is 0 Å². The van der Waals surface area contributed by atoms with Crippen molar-refractivity contribution >= 4 is 11.5 Å². The molecule has 11 heavy (non-hydrogen) atoms. The second-order valence-corrected chi connectivity index (χ2v) is 2.07. The molecule has 0 unspecified atom stereocenters. The van der Waals surface area contributed by atoms with Crippen LogP contribution in [0.4, 0.5) is 11.5 Å². The van der Waals surface area contributed by atoms with Gasteiger partial charge in [-0.15, -0.1) is 0 Å². The molecule has 3 N–H and O–H groups in total. The van der Waals surface area contributed by atoms with E-state index in [0.29, 0.717) is 17.3 Å². The van der Waals surface area contributed by atoms with Crippen molar-refractivity contribution < 1.29 is 4.74 Å². The Morgan fingerprint density at radius 3 is 2.91 bits per heavy atom. The van der Waals surface area contributed by atoms with Crippen LogP contribution in [0.15, 0.2) is 12.3 Å². The Bertz CT molecular complexity index is 249. The Kier molecular flexibility index (Phi) is 2.15. The van der Waals surface area contributed by atoms with Gasteiger partial charge in [-0.2, -0.15) is 0 Å². The molecule has 1 aromatic rings. The number of rotatable bonds is 2. The number of nitrogens with zero attached hydrogens (tertiary/aromatic N) is 1. The van der Waals surface area contributed by atoms with E-state index in [-0.39, 0.29) is 0 Å². The number of nitrogens with two attached hydrogens (primary N) is 1. The van der Waals surface area contributed by atoms with Gasteiger partial charge in [0.05, 0.1) is 19.0 Å². The van der Waals surface area contributed by atoms with E-state index in [4.69, 9.17) is 10.5 Å². The normalized spacial score (nSPS) is 9.27. The van der Waals surface area contributed by atoms with Crippen LogP contribution in [0.3, 0.4) is 0 Å². The van der Waals surface area contributed by atoms with E-state index in [1.54, 1.807) is 26.4 Å². The van der Waals surface area contributed by atoms with E-state index in [0.717, 1.165) is 0 Å². The predicted octanol–water partition coefficient (Wildman–Crippen LogP) is 0.714. The summed E-state index contributed by atoms with van der Waals surface area (Å²) in [7, 11) is 3.36. The number of hydrogen-bond acceptors (Lipinski definition) is 4. The molecule has 1 rings (SSSR count). The molecule has 0 fully saturated rings. The van der Waals surface area contributed by atoms with E-state index >= 15 is 0 Å². The maximum absolute atomic E-state index is 5.49. The molecule has 0 amide bonds. The zero-order valence-electron chi connectivity index (χ0n) is 6.59. The summed E-state index contributed by atoms with van der Waals surface area (Å²) in [5, 5.41) is 2.88. The summed E-state index contributed by atoms with van der Waals surface area (Å²) >= 11 is 0. The second-order valence-electron chi connectivity index (χ2n) is 2.07. The first-order valence-corrected chi connectivity index (χ1v) is 3.25. The number of ether oxygens (including phenoxy) is 1. The van der Waals surface area contributed by atoms with Gasteiger partial charge in [0.2, 0.25) is 0 Å². The Labute approximate surface area is 65.4 Å². The van der Waals surface area contributed by atoms with Gasteiger partial charge in [-0.05, 0) is 0 Å². The number of methoxy groups -OCH3 is 1. The lowest BCUT2D eigenvalue weighted by Gasteiger charge is -2.06. The van der Waals surface area contributed by atoms with Crippen molar-refractivity contribution in [2.45, 2.75) is 0 Å². The SMILES string of the molecule is CNc1ncc(N)cc1OC. The topological polar surface area (TPSA) is 60.2 Å². The fourth-order valence-corrected chi connectivity index (χ4v) is 0.803. The lowest BCUT2D eigenvalue weighted by Crippen LogP contribution is -1.98. The van der Waals surface area contributed by atoms with Crippen LogP contribution in [0.25, 0.3) is 0 Å². The van der Waals surface area contributed by atoms with Crippen LogP contribution >= 0.6 is 0 Å². The summed E-state index contributed by atoms with van der Waals surface area (Å²) in [6.45, 7) is 0. The average Bonchev–Trinajstić information content (AvgIpc) is 2.04. The van der Waals surface area contributed by atoms with Gasteiger partial charge in [0.15, 0.2) is 11.6 Å². The fraction of sp³-hybridized carbons (Fsp3) is 0.286. The molecule has 1 heterocycles. The van der Waals surface area contributed by atoms with E-state index < -0.39 is 0 Å². The highest BCUT2D eigenvalue weighted by molar-refractivity contribution is 5.55. The highest BCUT2D eigenvalue weighted by Gasteiger charge is 2.00. The summed E-state index contributed by atoms with van der Waals surface area (Å²) < 4.78 is 5.01. The molecule has 4 nitrogen and oxygen atoms in total. The van der Waals surface area contributed by atoms with Crippen LogP contribution in [0, 0.1) is 0 Å². The van der Waals surface area contributed by atoms with E-state index in [2.05, 4.69) is 10.3 Å². The van der Waals surface area contributed by atoms with Gasteiger partial charge in [-0.25, -0.2) is 4.98 Å². The number of aromatic nitrogens is 1. The molecule has 4 heteroatoms. The third-order valence-electron chi connectivity index (χ3n) is 1.33. The molecule has 0 saturated carbocycles. The highest BCUT2D eigenvalue weighted by atomic mass is 16.5. The Balaban J connectivity index is 3.06. The summed E-state index contributed by atoms with van der Waals surface area (Å²) in [6, 6.07) is 1.72. The molecule has 0 atom stereocenters. The Morgan fingerprint density at radius 2 is 2.36 bits per heavy atom. The molecular weight excluding hydrogens is 142 g/mol. The number of pyridine rings is 1. The third-order valence-corrected chi connectivity index (χ3v) is 1.33. The number of nitrogen functional groups attached to an aromatic ring is 1. The van der Waals surface area contributed by atoms with Gasteiger partial charge in [0.25, 0.3) is 0 Å². The van der Waals surface area contributed by atoms with Gasteiger partial charge in [0, 0.05) is 13.1 Å². The van der Waals surface area contributed by atoms with Crippen molar-refractivity contribution in [3.8, 4) is 5.75 Å². The maximum Gasteiger partial charge on any atom is 0.168 e. The van der Waals surface area contributed by atoms with E-state index in [1.165, 1.54) is 0 Å². The molecule has 0 aliphatic heterocycles. The summed E-state index contributed by atoms with van der Waals surface area (Å²) in [5.74, 6) is 1.36. The average molecular weight is 153 g/mol. The summed E-state index contributed by atoms with van der Waals surface area (Å²) in [4.78, 5) is 4.01. The van der Waals surface area contributed by atoms with E-state index in [9.17, 15) is 0 Å². The largest absolute Gasteiger partial charge is 0.493 e. The Hall–Kier alpha value is -1.45. The summed E-state index contributed by atoms with van der Waals surface area (Å²) in [6.07, 6.45) is 1.58. The number of nitrogens with one attached hydrogen (secondary N) is 1. The summed E-state index contributed by atoms with van der Waals surface area (Å²) in [5.41, 5.74) is 6.09. The van der Waals surface area contributed by atoms with Crippen LogP contribution in [0.5, 0.6) is 5.75 Å². The molecule has 0 saturated heterocycles. The van der Waals surface area contributed by atoms with E-state index in [1.807, 2.05) is 0 Å². The van der Waals surface area contributed by atoms with Crippen LogP contribution in [0.1, 0.15) is 0 Å². The number of anilines is 2. The lowest BCUT2D eigenvalue weighted by atomic mass is 10.4. The minimum atomic E-state index is 0.598. The highest BCUT2D eigenvalue weighted by Crippen LogP contribution is 2.22. The minimum absolute atomic E-state index is 0.598. The molecule has 0 radical (unpaired) electrons. The maximum atomic E-state index is 5.49. The molecule has 0 bridgehead atoms. The monoisotopic (exact) mass is 153 g/mol. The molecule has 0 aliphatic rings. The lowest BCUT2D eigenvalue weighted by molar-refractivity contribution is 0.415. The van der Waals surface area contributed by atoms with Crippen molar-refractivity contribution in [3.63, 3.8) is 0 Å². The molecule has 0 aromatic carbocycles. The smallest absolute Gasteiger partial charge is 0.168 e. The zero-order valence-corrected chi connectivity index (χ0v) is 6.59. The Morgan fingerprint density at radius 1 is 1.64 bits per heavy atom. The second kappa shape index (κ2) is 3.09. The third kappa shape index (κ3) is 1.52. The minimum Gasteiger partial charge on any atom is -0.493 e.